The van der Waals surface area contributed by atoms with E-state index < -0.39 is 9.84 Å². The lowest BCUT2D eigenvalue weighted by molar-refractivity contribution is 0.493. The van der Waals surface area contributed by atoms with Crippen LogP contribution in [0.5, 0.6) is 0 Å². The van der Waals surface area contributed by atoms with Gasteiger partial charge in [-0.2, -0.15) is 0 Å². The zero-order valence-electron chi connectivity index (χ0n) is 14.3. The van der Waals surface area contributed by atoms with Crippen LogP contribution in [0.2, 0.25) is 0 Å². The zero-order valence-corrected chi connectivity index (χ0v) is 17.4. The van der Waals surface area contributed by atoms with Gasteiger partial charge >= 0.3 is 0 Å². The van der Waals surface area contributed by atoms with Gasteiger partial charge in [0.05, 0.1) is 11.5 Å². The molecule has 1 heterocycles. The lowest BCUT2D eigenvalue weighted by Gasteiger charge is -2.20. The first-order valence-corrected chi connectivity index (χ1v) is 10.2. The third-order valence-corrected chi connectivity index (χ3v) is 5.53. The molecule has 24 heavy (non-hydrogen) atoms. The molecule has 1 aromatic carbocycles. The van der Waals surface area contributed by atoms with Crippen molar-refractivity contribution in [2.75, 3.05) is 31.9 Å². The Hall–Kier alpha value is -0.830. The molecule has 7 heteroatoms. The normalized spacial score (nSPS) is 15.2. The number of nitrogens with zero attached hydrogens (tertiary/aromatic N) is 2. The fourth-order valence-electron chi connectivity index (χ4n) is 2.72. The lowest BCUT2D eigenvalue weighted by Crippen LogP contribution is -2.39. The SMILES string of the molecule is CCNC(=NCCCS(=O)(=O)Cc1ccccc1)N1CCCC1.I. The zero-order chi connectivity index (χ0) is 16.5. The molecule has 1 N–H and O–H groups in total. The summed E-state index contributed by atoms with van der Waals surface area (Å²) in [6.07, 6.45) is 2.98. The summed E-state index contributed by atoms with van der Waals surface area (Å²) < 4.78 is 24.3. The van der Waals surface area contributed by atoms with Gasteiger partial charge in [0, 0.05) is 26.2 Å². The van der Waals surface area contributed by atoms with Gasteiger partial charge in [-0.1, -0.05) is 30.3 Å². The van der Waals surface area contributed by atoms with Crippen LogP contribution in [0.25, 0.3) is 0 Å². The van der Waals surface area contributed by atoms with Gasteiger partial charge in [0.25, 0.3) is 0 Å². The van der Waals surface area contributed by atoms with Crippen LogP contribution in [-0.4, -0.2) is 51.2 Å². The smallest absolute Gasteiger partial charge is 0.193 e. The van der Waals surface area contributed by atoms with Crippen LogP contribution in [-0.2, 0) is 15.6 Å². The Labute approximate surface area is 162 Å². The van der Waals surface area contributed by atoms with Crippen LogP contribution in [0.4, 0.5) is 0 Å². The van der Waals surface area contributed by atoms with Crippen LogP contribution >= 0.6 is 24.0 Å². The molecule has 0 aliphatic carbocycles. The Balaban J connectivity index is 0.00000288. The van der Waals surface area contributed by atoms with Crippen molar-refractivity contribution in [2.24, 2.45) is 4.99 Å². The molecule has 0 saturated carbocycles. The number of nitrogens with one attached hydrogen (secondary N) is 1. The maximum Gasteiger partial charge on any atom is 0.193 e. The molecule has 5 nitrogen and oxygen atoms in total. The molecule has 1 saturated heterocycles. The van der Waals surface area contributed by atoms with Gasteiger partial charge in [0.1, 0.15) is 0 Å². The second-order valence-electron chi connectivity index (χ2n) is 5.86. The van der Waals surface area contributed by atoms with Crippen LogP contribution in [0, 0.1) is 0 Å². The molecule has 1 aliphatic rings. The number of sulfone groups is 1. The minimum absolute atomic E-state index is 0. The topological polar surface area (TPSA) is 61.8 Å². The second kappa shape index (κ2) is 10.9. The summed E-state index contributed by atoms with van der Waals surface area (Å²) >= 11 is 0. The molecule has 0 bridgehead atoms. The summed E-state index contributed by atoms with van der Waals surface area (Å²) in [7, 11) is -3.07. The molecule has 0 radical (unpaired) electrons. The highest BCUT2D eigenvalue weighted by molar-refractivity contribution is 14.0. The summed E-state index contributed by atoms with van der Waals surface area (Å²) in [5.74, 6) is 1.22. The molecule has 0 aromatic heterocycles. The molecule has 0 spiro atoms. The van der Waals surface area contributed by atoms with Gasteiger partial charge in [-0.05, 0) is 31.7 Å². The number of halogens is 1. The van der Waals surface area contributed by atoms with E-state index in [1.165, 1.54) is 12.8 Å². The number of guanidine groups is 1. The van der Waals surface area contributed by atoms with Crippen molar-refractivity contribution in [2.45, 2.75) is 31.9 Å². The van der Waals surface area contributed by atoms with Crippen molar-refractivity contribution < 1.29 is 8.42 Å². The molecule has 2 rings (SSSR count). The predicted octanol–water partition coefficient (Wildman–Crippen LogP) is 2.67. The maximum atomic E-state index is 12.2. The van der Waals surface area contributed by atoms with E-state index >= 15 is 0 Å². The van der Waals surface area contributed by atoms with Gasteiger partial charge in [-0.3, -0.25) is 4.99 Å². The molecule has 0 amide bonds. The van der Waals surface area contributed by atoms with Crippen molar-refractivity contribution in [3.05, 3.63) is 35.9 Å². The van der Waals surface area contributed by atoms with E-state index in [0.29, 0.717) is 13.0 Å². The summed E-state index contributed by atoms with van der Waals surface area (Å²) in [5, 5.41) is 3.29. The number of likely N-dealkylation sites (tertiary alicyclic amines) is 1. The molecule has 1 aromatic rings. The van der Waals surface area contributed by atoms with Gasteiger partial charge in [-0.25, -0.2) is 8.42 Å². The van der Waals surface area contributed by atoms with E-state index in [9.17, 15) is 8.42 Å². The van der Waals surface area contributed by atoms with Crippen molar-refractivity contribution >= 4 is 39.8 Å². The third kappa shape index (κ3) is 7.38. The molecular formula is C17H28IN3O2S. The first-order valence-electron chi connectivity index (χ1n) is 8.38. The largest absolute Gasteiger partial charge is 0.357 e. The fraction of sp³-hybridized carbons (Fsp3) is 0.588. The first-order chi connectivity index (χ1) is 11.1. The number of aliphatic imine (C=N–C) groups is 1. The highest BCUT2D eigenvalue weighted by Gasteiger charge is 2.16. The fourth-order valence-corrected chi connectivity index (χ4v) is 4.14. The van der Waals surface area contributed by atoms with Crippen LogP contribution in [0.1, 0.15) is 31.7 Å². The molecule has 0 atom stereocenters. The molecular weight excluding hydrogens is 437 g/mol. The van der Waals surface area contributed by atoms with E-state index in [1.807, 2.05) is 30.3 Å². The number of benzene rings is 1. The number of hydrogen-bond donors (Lipinski definition) is 1. The molecule has 136 valence electrons. The van der Waals surface area contributed by atoms with Crippen LogP contribution in [0.15, 0.2) is 35.3 Å². The van der Waals surface area contributed by atoms with Crippen LogP contribution < -0.4 is 5.32 Å². The lowest BCUT2D eigenvalue weighted by atomic mass is 10.2. The Morgan fingerprint density at radius 3 is 2.50 bits per heavy atom. The van der Waals surface area contributed by atoms with Gasteiger partial charge in [0.15, 0.2) is 15.8 Å². The quantitative estimate of drug-likeness (QED) is 0.291. The molecule has 0 unspecified atom stereocenters. The van der Waals surface area contributed by atoms with Crippen molar-refractivity contribution in [3.8, 4) is 0 Å². The molecule has 1 fully saturated rings. The first kappa shape index (κ1) is 21.2. The van der Waals surface area contributed by atoms with E-state index in [1.54, 1.807) is 0 Å². The highest BCUT2D eigenvalue weighted by atomic mass is 127. The maximum absolute atomic E-state index is 12.2. The Kier molecular flexibility index (Phi) is 9.65. The summed E-state index contributed by atoms with van der Waals surface area (Å²) in [5.41, 5.74) is 0.849. The van der Waals surface area contributed by atoms with Gasteiger partial charge in [0.2, 0.25) is 0 Å². The highest BCUT2D eigenvalue weighted by Crippen LogP contribution is 2.09. The number of rotatable bonds is 7. The van der Waals surface area contributed by atoms with Gasteiger partial charge < -0.3 is 10.2 Å². The van der Waals surface area contributed by atoms with E-state index in [4.69, 9.17) is 0 Å². The molecule has 1 aliphatic heterocycles. The van der Waals surface area contributed by atoms with Crippen molar-refractivity contribution in [1.29, 1.82) is 0 Å². The Morgan fingerprint density at radius 2 is 1.88 bits per heavy atom. The monoisotopic (exact) mass is 465 g/mol. The van der Waals surface area contributed by atoms with Crippen molar-refractivity contribution in [3.63, 3.8) is 0 Å². The summed E-state index contributed by atoms with van der Waals surface area (Å²) in [6, 6.07) is 9.34. The van der Waals surface area contributed by atoms with E-state index in [2.05, 4.69) is 22.1 Å². The standard InChI is InChI=1S/C17H27N3O2S.HI/c1-2-18-17(20-12-6-7-13-20)19-11-8-14-23(21,22)15-16-9-4-3-5-10-16;/h3-5,9-10H,2,6-8,11-15H2,1H3,(H,18,19);1H. The van der Waals surface area contributed by atoms with E-state index in [-0.39, 0.29) is 35.5 Å². The van der Waals surface area contributed by atoms with Crippen LogP contribution in [0.3, 0.4) is 0 Å². The average molecular weight is 465 g/mol. The Bertz CT molecular complexity index is 600. The van der Waals surface area contributed by atoms with Crippen molar-refractivity contribution in [1.82, 2.24) is 10.2 Å². The van der Waals surface area contributed by atoms with E-state index in [0.717, 1.165) is 31.2 Å². The third-order valence-electron chi connectivity index (χ3n) is 3.84. The minimum Gasteiger partial charge on any atom is -0.357 e. The van der Waals surface area contributed by atoms with Gasteiger partial charge in [-0.15, -0.1) is 24.0 Å². The predicted molar refractivity (Wildman–Crippen MR) is 111 cm³/mol. The average Bonchev–Trinajstić information content (AvgIpc) is 3.05. The minimum atomic E-state index is -3.07. The summed E-state index contributed by atoms with van der Waals surface area (Å²) in [6.45, 7) is 5.51. The number of hydrogen-bond acceptors (Lipinski definition) is 3. The Morgan fingerprint density at radius 1 is 1.21 bits per heavy atom. The second-order valence-corrected chi connectivity index (χ2v) is 8.05. The summed E-state index contributed by atoms with van der Waals surface area (Å²) in [4.78, 5) is 6.82.